The van der Waals surface area contributed by atoms with Crippen molar-refractivity contribution in [1.29, 1.82) is 0 Å². The van der Waals surface area contributed by atoms with E-state index in [9.17, 15) is 0 Å². The normalized spacial score (nSPS) is 11.0. The van der Waals surface area contributed by atoms with Gasteiger partial charge in [-0.3, -0.25) is 0 Å². The fourth-order valence-electron chi connectivity index (χ4n) is 2.59. The van der Waals surface area contributed by atoms with Gasteiger partial charge in [0.05, 0.1) is 25.9 Å². The molecule has 0 saturated heterocycles. The molecule has 0 aliphatic heterocycles. The molecule has 3 rings (SSSR count). The largest absolute Gasteiger partial charge is 0.495 e. The van der Waals surface area contributed by atoms with Gasteiger partial charge in [0.2, 0.25) is 5.88 Å². The van der Waals surface area contributed by atoms with E-state index in [2.05, 4.69) is 15.3 Å². The van der Waals surface area contributed by atoms with Crippen LogP contribution in [0.4, 0.5) is 5.69 Å². The van der Waals surface area contributed by atoms with Crippen LogP contribution in [0.15, 0.2) is 71.9 Å². The van der Waals surface area contributed by atoms with E-state index in [1.54, 1.807) is 19.4 Å². The van der Waals surface area contributed by atoms with Gasteiger partial charge in [0.1, 0.15) is 5.75 Å². The van der Waals surface area contributed by atoms with Crippen LogP contribution in [0.3, 0.4) is 0 Å². The Labute approximate surface area is 170 Å². The first-order chi connectivity index (χ1) is 14.2. The number of aromatic nitrogens is 1. The molecule has 0 saturated carbocycles. The van der Waals surface area contributed by atoms with Gasteiger partial charge in [-0.2, -0.15) is 0 Å². The molecule has 3 N–H and O–H groups in total. The Bertz CT molecular complexity index is 958. The van der Waals surface area contributed by atoms with E-state index >= 15 is 0 Å². The lowest BCUT2D eigenvalue weighted by Crippen LogP contribution is -2.22. The lowest BCUT2D eigenvalue weighted by atomic mass is 10.3. The Balaban J connectivity index is 1.61. The fourth-order valence-corrected chi connectivity index (χ4v) is 2.59. The molecule has 29 heavy (non-hydrogen) atoms. The second-order valence-electron chi connectivity index (χ2n) is 6.01. The molecule has 0 radical (unpaired) electrons. The second-order valence-corrected chi connectivity index (χ2v) is 6.01. The Kier molecular flexibility index (Phi) is 6.89. The number of methoxy groups -OCH3 is 1. The Morgan fingerprint density at radius 3 is 2.41 bits per heavy atom. The summed E-state index contributed by atoms with van der Waals surface area (Å²) in [6.07, 6.45) is 1.71. The van der Waals surface area contributed by atoms with Crippen LogP contribution < -0.4 is 25.3 Å². The molecule has 0 spiro atoms. The monoisotopic (exact) mass is 392 g/mol. The lowest BCUT2D eigenvalue weighted by Gasteiger charge is -2.11. The van der Waals surface area contributed by atoms with E-state index in [4.69, 9.17) is 19.9 Å². The summed E-state index contributed by atoms with van der Waals surface area (Å²) in [5, 5.41) is 3.04. The summed E-state index contributed by atoms with van der Waals surface area (Å²) in [5.41, 5.74) is 7.64. The highest BCUT2D eigenvalue weighted by Crippen LogP contribution is 2.30. The quantitative estimate of drug-likeness (QED) is 0.441. The van der Waals surface area contributed by atoms with Gasteiger partial charge in [-0.15, -0.1) is 0 Å². The zero-order valence-corrected chi connectivity index (χ0v) is 16.5. The minimum absolute atomic E-state index is 0.292. The number of benzene rings is 2. The van der Waals surface area contributed by atoms with Crippen LogP contribution in [0.5, 0.6) is 23.1 Å². The predicted octanol–water partition coefficient (Wildman–Crippen LogP) is 4.21. The molecule has 0 aliphatic rings. The van der Waals surface area contributed by atoms with Crippen LogP contribution in [0.2, 0.25) is 0 Å². The number of nitrogens with two attached hydrogens (primary N) is 1. The van der Waals surface area contributed by atoms with E-state index in [1.807, 2.05) is 61.5 Å². The summed E-state index contributed by atoms with van der Waals surface area (Å²) >= 11 is 0. The summed E-state index contributed by atoms with van der Waals surface area (Å²) < 4.78 is 16.7. The van der Waals surface area contributed by atoms with Gasteiger partial charge in [-0.05, 0) is 36.8 Å². The van der Waals surface area contributed by atoms with Crippen molar-refractivity contribution >= 4 is 11.6 Å². The number of anilines is 1. The molecule has 1 heterocycles. The molecule has 150 valence electrons. The minimum Gasteiger partial charge on any atom is -0.495 e. The summed E-state index contributed by atoms with van der Waals surface area (Å²) in [6.45, 7) is 2.88. The number of nitrogens with one attached hydrogen (secondary N) is 1. The molecule has 0 amide bonds. The molecule has 0 fully saturated rings. The average Bonchev–Trinajstić information content (AvgIpc) is 2.75. The van der Waals surface area contributed by atoms with Crippen LogP contribution in [-0.2, 0) is 6.54 Å². The first kappa shape index (κ1) is 20.0. The maximum absolute atomic E-state index is 5.98. The number of hydrogen-bond acceptors (Lipinski definition) is 5. The number of pyridine rings is 1. The molecule has 2 aromatic carbocycles. The topological polar surface area (TPSA) is 91.0 Å². The van der Waals surface area contributed by atoms with Crippen molar-refractivity contribution in [3.8, 4) is 23.1 Å². The first-order valence-corrected chi connectivity index (χ1v) is 9.24. The lowest BCUT2D eigenvalue weighted by molar-refractivity contribution is 0.319. The summed E-state index contributed by atoms with van der Waals surface area (Å²) in [6, 6.07) is 18.7. The van der Waals surface area contributed by atoms with Crippen molar-refractivity contribution in [1.82, 2.24) is 4.98 Å². The van der Waals surface area contributed by atoms with E-state index in [-0.39, 0.29) is 0 Å². The van der Waals surface area contributed by atoms with Crippen LogP contribution in [-0.4, -0.2) is 24.7 Å². The molecule has 1 aromatic heterocycles. The highest BCUT2D eigenvalue weighted by atomic mass is 16.5. The van der Waals surface area contributed by atoms with Crippen molar-refractivity contribution in [2.75, 3.05) is 19.0 Å². The van der Waals surface area contributed by atoms with E-state index in [0.717, 1.165) is 11.3 Å². The third kappa shape index (κ3) is 5.62. The SMILES string of the molecule is CCOc1ccccc1Oc1ccc(CN=C(N)Nc2ccccc2OC)cn1. The third-order valence-electron chi connectivity index (χ3n) is 3.96. The Morgan fingerprint density at radius 2 is 1.72 bits per heavy atom. The number of aliphatic imine (C=N–C) groups is 1. The van der Waals surface area contributed by atoms with Crippen LogP contribution in [0.1, 0.15) is 12.5 Å². The third-order valence-corrected chi connectivity index (χ3v) is 3.96. The van der Waals surface area contributed by atoms with E-state index < -0.39 is 0 Å². The highest BCUT2D eigenvalue weighted by Gasteiger charge is 2.06. The predicted molar refractivity (Wildman–Crippen MR) is 114 cm³/mol. The second kappa shape index (κ2) is 9.98. The van der Waals surface area contributed by atoms with Crippen molar-refractivity contribution in [2.24, 2.45) is 10.7 Å². The molecular formula is C22H24N4O3. The molecule has 0 bridgehead atoms. The van der Waals surface area contributed by atoms with Crippen molar-refractivity contribution in [3.05, 3.63) is 72.4 Å². The van der Waals surface area contributed by atoms with Gasteiger partial charge >= 0.3 is 0 Å². The number of hydrogen-bond donors (Lipinski definition) is 2. The van der Waals surface area contributed by atoms with E-state index in [0.29, 0.717) is 42.2 Å². The smallest absolute Gasteiger partial charge is 0.219 e. The van der Waals surface area contributed by atoms with Gasteiger partial charge < -0.3 is 25.3 Å². The maximum atomic E-state index is 5.98. The summed E-state index contributed by atoms with van der Waals surface area (Å²) in [4.78, 5) is 8.68. The molecule has 0 atom stereocenters. The van der Waals surface area contributed by atoms with Crippen LogP contribution in [0.25, 0.3) is 0 Å². The molecular weight excluding hydrogens is 368 g/mol. The number of para-hydroxylation sites is 4. The fraction of sp³-hybridized carbons (Fsp3) is 0.182. The van der Waals surface area contributed by atoms with Gasteiger partial charge in [0.15, 0.2) is 17.5 Å². The van der Waals surface area contributed by atoms with Crippen molar-refractivity contribution < 1.29 is 14.2 Å². The van der Waals surface area contributed by atoms with Crippen molar-refractivity contribution in [3.63, 3.8) is 0 Å². The average molecular weight is 392 g/mol. The first-order valence-electron chi connectivity index (χ1n) is 9.24. The maximum Gasteiger partial charge on any atom is 0.219 e. The molecule has 0 aliphatic carbocycles. The number of guanidine groups is 1. The summed E-state index contributed by atoms with van der Waals surface area (Å²) in [7, 11) is 1.61. The zero-order chi connectivity index (χ0) is 20.5. The van der Waals surface area contributed by atoms with Gasteiger partial charge in [0.25, 0.3) is 0 Å². The molecule has 0 unspecified atom stereocenters. The Hall–Kier alpha value is -3.74. The van der Waals surface area contributed by atoms with E-state index in [1.165, 1.54) is 0 Å². The highest BCUT2D eigenvalue weighted by molar-refractivity contribution is 5.93. The van der Waals surface area contributed by atoms with Crippen molar-refractivity contribution in [2.45, 2.75) is 13.5 Å². The number of rotatable bonds is 8. The number of nitrogens with zero attached hydrogens (tertiary/aromatic N) is 2. The van der Waals surface area contributed by atoms with Gasteiger partial charge in [-0.25, -0.2) is 9.98 Å². The standard InChI is InChI=1S/C22H24N4O3/c1-3-28-19-10-6-7-11-20(19)29-21-13-12-16(14-24-21)15-25-22(23)26-17-8-4-5-9-18(17)27-2/h4-14H,3,15H2,1-2H3,(H3,23,25,26). The van der Waals surface area contributed by atoms with Gasteiger partial charge in [0, 0.05) is 12.3 Å². The minimum atomic E-state index is 0.292. The van der Waals surface area contributed by atoms with Crippen LogP contribution in [0, 0.1) is 0 Å². The van der Waals surface area contributed by atoms with Gasteiger partial charge in [-0.1, -0.05) is 30.3 Å². The van der Waals surface area contributed by atoms with Crippen LogP contribution >= 0.6 is 0 Å². The molecule has 7 heteroatoms. The summed E-state index contributed by atoms with van der Waals surface area (Å²) in [5.74, 6) is 2.77. The molecule has 7 nitrogen and oxygen atoms in total. The number of ether oxygens (including phenoxy) is 3. The Morgan fingerprint density at radius 1 is 1.00 bits per heavy atom. The zero-order valence-electron chi connectivity index (χ0n) is 16.5. The molecule has 3 aromatic rings.